The van der Waals surface area contributed by atoms with E-state index in [0.29, 0.717) is 12.3 Å². The molecule has 2 unspecified atom stereocenters. The van der Waals surface area contributed by atoms with Gasteiger partial charge in [-0.25, -0.2) is 4.39 Å². The second-order valence-corrected chi connectivity index (χ2v) is 5.59. The molecule has 5 heteroatoms. The standard InChI is InChI=1S/C11H15ClFNOS/c1-8(7-16(2)15)14-6-9-4-3-5-10(13)11(9)12/h3-5,8,14H,6-7H2,1-2H3. The zero-order chi connectivity index (χ0) is 12.1. The molecule has 0 radical (unpaired) electrons. The van der Waals surface area contributed by atoms with Crippen molar-refractivity contribution in [3.05, 3.63) is 34.6 Å². The van der Waals surface area contributed by atoms with Gasteiger partial charge in [0.05, 0.1) is 5.02 Å². The fourth-order valence-electron chi connectivity index (χ4n) is 1.38. The number of hydrogen-bond donors (Lipinski definition) is 1. The third kappa shape index (κ3) is 4.20. The highest BCUT2D eigenvalue weighted by atomic mass is 35.5. The van der Waals surface area contributed by atoms with Crippen molar-refractivity contribution in [2.24, 2.45) is 0 Å². The van der Waals surface area contributed by atoms with Gasteiger partial charge in [0.25, 0.3) is 0 Å². The van der Waals surface area contributed by atoms with Gasteiger partial charge in [0.2, 0.25) is 0 Å². The molecule has 2 atom stereocenters. The molecule has 0 aliphatic heterocycles. The van der Waals surface area contributed by atoms with Gasteiger partial charge in [0.1, 0.15) is 5.82 Å². The summed E-state index contributed by atoms with van der Waals surface area (Å²) in [6, 6.07) is 4.84. The van der Waals surface area contributed by atoms with E-state index >= 15 is 0 Å². The summed E-state index contributed by atoms with van der Waals surface area (Å²) >= 11 is 5.81. The highest BCUT2D eigenvalue weighted by Gasteiger charge is 2.08. The zero-order valence-corrected chi connectivity index (χ0v) is 10.9. The van der Waals surface area contributed by atoms with Gasteiger partial charge < -0.3 is 5.32 Å². The maximum atomic E-state index is 13.1. The summed E-state index contributed by atoms with van der Waals surface area (Å²) in [5.74, 6) is 0.167. The van der Waals surface area contributed by atoms with Crippen LogP contribution in [-0.2, 0) is 17.3 Å². The fraction of sp³-hybridized carbons (Fsp3) is 0.455. The van der Waals surface area contributed by atoms with E-state index in [1.165, 1.54) is 6.07 Å². The van der Waals surface area contributed by atoms with E-state index in [1.54, 1.807) is 18.4 Å². The number of nitrogens with one attached hydrogen (secondary N) is 1. The number of rotatable bonds is 5. The van der Waals surface area contributed by atoms with Crippen molar-refractivity contribution < 1.29 is 8.60 Å². The van der Waals surface area contributed by atoms with Crippen LogP contribution in [0.25, 0.3) is 0 Å². The van der Waals surface area contributed by atoms with Crippen LogP contribution in [0.3, 0.4) is 0 Å². The zero-order valence-electron chi connectivity index (χ0n) is 9.30. The van der Waals surface area contributed by atoms with Crippen LogP contribution in [0.4, 0.5) is 4.39 Å². The topological polar surface area (TPSA) is 29.1 Å². The lowest BCUT2D eigenvalue weighted by atomic mass is 10.2. The fourth-order valence-corrected chi connectivity index (χ4v) is 2.39. The molecule has 0 spiro atoms. The molecule has 1 aromatic carbocycles. The first-order chi connectivity index (χ1) is 7.50. The Labute approximate surface area is 103 Å². The molecule has 0 bridgehead atoms. The number of hydrogen-bond acceptors (Lipinski definition) is 2. The predicted molar refractivity (Wildman–Crippen MR) is 66.6 cm³/mol. The molecular weight excluding hydrogens is 249 g/mol. The summed E-state index contributed by atoms with van der Waals surface area (Å²) < 4.78 is 24.1. The molecule has 1 N–H and O–H groups in total. The Kier molecular flexibility index (Phi) is 5.38. The maximum Gasteiger partial charge on any atom is 0.142 e. The Bertz CT molecular complexity index is 386. The molecule has 0 aliphatic rings. The van der Waals surface area contributed by atoms with Crippen LogP contribution >= 0.6 is 11.6 Å². The van der Waals surface area contributed by atoms with Crippen LogP contribution in [0.2, 0.25) is 5.02 Å². The Morgan fingerprint density at radius 1 is 1.56 bits per heavy atom. The molecule has 0 fully saturated rings. The summed E-state index contributed by atoms with van der Waals surface area (Å²) in [6.45, 7) is 2.42. The molecular formula is C11H15ClFNOS. The Hall–Kier alpha value is -0.450. The van der Waals surface area contributed by atoms with Gasteiger partial charge >= 0.3 is 0 Å². The Balaban J connectivity index is 2.54. The van der Waals surface area contributed by atoms with Crippen molar-refractivity contribution in [2.75, 3.05) is 12.0 Å². The SMILES string of the molecule is CC(CS(C)=O)NCc1cccc(F)c1Cl. The first-order valence-corrected chi connectivity index (χ1v) is 7.07. The van der Waals surface area contributed by atoms with Crippen LogP contribution in [-0.4, -0.2) is 22.3 Å². The first-order valence-electron chi connectivity index (χ1n) is 4.97. The van der Waals surface area contributed by atoms with Gasteiger partial charge in [-0.2, -0.15) is 0 Å². The van der Waals surface area contributed by atoms with Crippen LogP contribution in [0.1, 0.15) is 12.5 Å². The summed E-state index contributed by atoms with van der Waals surface area (Å²) in [5, 5.41) is 3.31. The van der Waals surface area contributed by atoms with Crippen molar-refractivity contribution in [2.45, 2.75) is 19.5 Å². The average Bonchev–Trinajstić information content (AvgIpc) is 2.19. The molecule has 16 heavy (non-hydrogen) atoms. The van der Waals surface area contributed by atoms with E-state index in [-0.39, 0.29) is 11.1 Å². The van der Waals surface area contributed by atoms with Crippen molar-refractivity contribution >= 4 is 22.4 Å². The van der Waals surface area contributed by atoms with Gasteiger partial charge in [0, 0.05) is 35.4 Å². The van der Waals surface area contributed by atoms with Crippen molar-refractivity contribution in [1.29, 1.82) is 0 Å². The van der Waals surface area contributed by atoms with Crippen molar-refractivity contribution in [3.8, 4) is 0 Å². The molecule has 1 rings (SSSR count). The molecule has 90 valence electrons. The lowest BCUT2D eigenvalue weighted by Crippen LogP contribution is -2.30. The summed E-state index contributed by atoms with van der Waals surface area (Å²) in [5.41, 5.74) is 0.718. The quantitative estimate of drug-likeness (QED) is 0.884. The van der Waals surface area contributed by atoms with Crippen LogP contribution in [0.5, 0.6) is 0 Å². The van der Waals surface area contributed by atoms with Gasteiger partial charge in [-0.3, -0.25) is 4.21 Å². The maximum absolute atomic E-state index is 13.1. The van der Waals surface area contributed by atoms with E-state index in [4.69, 9.17) is 11.6 Å². The third-order valence-corrected chi connectivity index (χ3v) is 3.55. The second kappa shape index (κ2) is 6.33. The van der Waals surface area contributed by atoms with E-state index < -0.39 is 16.6 Å². The molecule has 1 aromatic rings. The Morgan fingerprint density at radius 3 is 2.88 bits per heavy atom. The normalized spacial score (nSPS) is 14.8. The summed E-state index contributed by atoms with van der Waals surface area (Å²) in [6.07, 6.45) is 1.66. The minimum Gasteiger partial charge on any atom is -0.309 e. The largest absolute Gasteiger partial charge is 0.309 e. The molecule has 0 aromatic heterocycles. The molecule has 0 aliphatic carbocycles. The monoisotopic (exact) mass is 263 g/mol. The van der Waals surface area contributed by atoms with Gasteiger partial charge in [-0.05, 0) is 18.6 Å². The molecule has 0 heterocycles. The number of halogens is 2. The molecule has 0 saturated carbocycles. The van der Waals surface area contributed by atoms with E-state index in [1.807, 2.05) is 6.92 Å². The first kappa shape index (κ1) is 13.6. The second-order valence-electron chi connectivity index (χ2n) is 3.73. The van der Waals surface area contributed by atoms with Crippen LogP contribution < -0.4 is 5.32 Å². The highest BCUT2D eigenvalue weighted by molar-refractivity contribution is 7.84. The number of benzene rings is 1. The van der Waals surface area contributed by atoms with E-state index in [0.717, 1.165) is 5.56 Å². The van der Waals surface area contributed by atoms with Gasteiger partial charge in [-0.15, -0.1) is 0 Å². The molecule has 2 nitrogen and oxygen atoms in total. The average molecular weight is 264 g/mol. The third-order valence-electron chi connectivity index (χ3n) is 2.16. The van der Waals surface area contributed by atoms with E-state index in [9.17, 15) is 8.60 Å². The van der Waals surface area contributed by atoms with Gasteiger partial charge in [-0.1, -0.05) is 23.7 Å². The smallest absolute Gasteiger partial charge is 0.142 e. The van der Waals surface area contributed by atoms with Crippen LogP contribution in [0, 0.1) is 5.82 Å². The predicted octanol–water partition coefficient (Wildman–Crippen LogP) is 2.34. The minimum absolute atomic E-state index is 0.116. The van der Waals surface area contributed by atoms with Crippen molar-refractivity contribution in [3.63, 3.8) is 0 Å². The molecule has 0 saturated heterocycles. The minimum atomic E-state index is -0.833. The van der Waals surface area contributed by atoms with E-state index in [2.05, 4.69) is 5.32 Å². The lowest BCUT2D eigenvalue weighted by molar-refractivity contribution is 0.581. The molecule has 0 amide bonds. The highest BCUT2D eigenvalue weighted by Crippen LogP contribution is 2.19. The lowest BCUT2D eigenvalue weighted by Gasteiger charge is -2.13. The summed E-state index contributed by atoms with van der Waals surface area (Å²) in [4.78, 5) is 0. The summed E-state index contributed by atoms with van der Waals surface area (Å²) in [7, 11) is -0.833. The van der Waals surface area contributed by atoms with Gasteiger partial charge in [0.15, 0.2) is 0 Å². The van der Waals surface area contributed by atoms with Crippen LogP contribution in [0.15, 0.2) is 18.2 Å². The Morgan fingerprint density at radius 2 is 2.25 bits per heavy atom. The van der Waals surface area contributed by atoms with Crippen molar-refractivity contribution in [1.82, 2.24) is 5.32 Å².